The maximum atomic E-state index is 12.3. The van der Waals surface area contributed by atoms with E-state index in [-0.39, 0.29) is 11.6 Å². The van der Waals surface area contributed by atoms with Crippen LogP contribution in [0.4, 0.5) is 11.4 Å². The van der Waals surface area contributed by atoms with Gasteiger partial charge in [-0.1, -0.05) is 6.07 Å². The number of carbonyl (C=O) groups excluding carboxylic acids is 1. The van der Waals surface area contributed by atoms with Crippen LogP contribution in [-0.2, 0) is 4.79 Å². The summed E-state index contributed by atoms with van der Waals surface area (Å²) in [6.45, 7) is 6.97. The van der Waals surface area contributed by atoms with Crippen LogP contribution in [0.3, 0.4) is 0 Å². The average molecular weight is 309 g/mol. The van der Waals surface area contributed by atoms with Crippen molar-refractivity contribution in [3.63, 3.8) is 0 Å². The van der Waals surface area contributed by atoms with Crippen LogP contribution in [-0.4, -0.2) is 46.1 Å². The number of amides is 1. The number of aliphatic hydroxyl groups is 1. The number of nitro groups is 1. The number of likely N-dealkylation sites (N-methyl/N-ethyl adjacent to an activating group) is 1. The lowest BCUT2D eigenvalue weighted by molar-refractivity contribution is -0.385. The van der Waals surface area contributed by atoms with E-state index in [0.717, 1.165) is 0 Å². The molecule has 1 aromatic carbocycles. The number of nitrogens with one attached hydrogen (secondary N) is 1. The normalized spacial score (nSPS) is 13.0. The molecule has 0 aliphatic carbocycles. The lowest BCUT2D eigenvalue weighted by Crippen LogP contribution is -2.46. The van der Waals surface area contributed by atoms with Gasteiger partial charge in [0, 0.05) is 12.6 Å². The van der Waals surface area contributed by atoms with Crippen molar-refractivity contribution in [2.45, 2.75) is 39.3 Å². The van der Waals surface area contributed by atoms with Crippen molar-refractivity contribution >= 4 is 17.3 Å². The zero-order valence-electron chi connectivity index (χ0n) is 13.6. The smallest absolute Gasteiger partial charge is 0.274 e. The Morgan fingerprint density at radius 2 is 2.09 bits per heavy atom. The van der Waals surface area contributed by atoms with Gasteiger partial charge in [-0.05, 0) is 40.8 Å². The minimum atomic E-state index is -0.912. The number of rotatable bonds is 6. The van der Waals surface area contributed by atoms with Gasteiger partial charge in [0.05, 0.1) is 27.8 Å². The first-order valence-electron chi connectivity index (χ1n) is 7.00. The van der Waals surface area contributed by atoms with Crippen molar-refractivity contribution in [2.75, 3.05) is 18.9 Å². The van der Waals surface area contributed by atoms with Gasteiger partial charge in [-0.15, -0.1) is 0 Å². The molecule has 2 N–H and O–H groups in total. The Labute approximate surface area is 130 Å². The summed E-state index contributed by atoms with van der Waals surface area (Å²) in [6, 6.07) is 4.08. The first kappa shape index (κ1) is 18.1. The van der Waals surface area contributed by atoms with Crippen molar-refractivity contribution in [3.05, 3.63) is 33.9 Å². The highest BCUT2D eigenvalue weighted by molar-refractivity contribution is 5.95. The molecule has 7 heteroatoms. The van der Waals surface area contributed by atoms with E-state index in [1.165, 1.54) is 12.1 Å². The highest BCUT2D eigenvalue weighted by Gasteiger charge is 2.24. The van der Waals surface area contributed by atoms with Crippen LogP contribution in [0.5, 0.6) is 0 Å². The third-order valence-corrected chi connectivity index (χ3v) is 3.44. The minimum Gasteiger partial charge on any atom is -0.389 e. The summed E-state index contributed by atoms with van der Waals surface area (Å²) in [5.74, 6) is -0.282. The van der Waals surface area contributed by atoms with E-state index in [0.29, 0.717) is 17.8 Å². The Morgan fingerprint density at radius 1 is 1.50 bits per heavy atom. The molecule has 0 aromatic heterocycles. The highest BCUT2D eigenvalue weighted by Crippen LogP contribution is 2.25. The van der Waals surface area contributed by atoms with E-state index in [1.807, 2.05) is 0 Å². The Kier molecular flexibility index (Phi) is 5.62. The molecule has 0 bridgehead atoms. The summed E-state index contributed by atoms with van der Waals surface area (Å²) < 4.78 is 0. The summed E-state index contributed by atoms with van der Waals surface area (Å²) in [7, 11) is 1.74. The number of benzene rings is 1. The van der Waals surface area contributed by atoms with Crippen LogP contribution >= 0.6 is 0 Å². The number of carbonyl (C=O) groups is 1. The van der Waals surface area contributed by atoms with Gasteiger partial charge in [0.15, 0.2) is 0 Å². The second-order valence-electron chi connectivity index (χ2n) is 6.10. The molecule has 1 rings (SSSR count). The molecule has 0 fully saturated rings. The SMILES string of the molecule is Cc1c(NC(=O)C(C)N(C)CC(C)(C)O)cccc1[N+](=O)[O-]. The Hall–Kier alpha value is -1.99. The van der Waals surface area contributed by atoms with Crippen LogP contribution in [0.2, 0.25) is 0 Å². The minimum absolute atomic E-state index is 0.0321. The van der Waals surface area contributed by atoms with Crippen LogP contribution in [0, 0.1) is 17.0 Å². The molecule has 7 nitrogen and oxygen atoms in total. The van der Waals surface area contributed by atoms with E-state index in [2.05, 4.69) is 5.32 Å². The van der Waals surface area contributed by atoms with Crippen molar-refractivity contribution < 1.29 is 14.8 Å². The second-order valence-corrected chi connectivity index (χ2v) is 6.10. The third kappa shape index (κ3) is 4.78. The van der Waals surface area contributed by atoms with E-state index in [9.17, 15) is 20.0 Å². The summed E-state index contributed by atoms with van der Waals surface area (Å²) in [6.07, 6.45) is 0. The van der Waals surface area contributed by atoms with E-state index in [1.54, 1.807) is 45.7 Å². The van der Waals surface area contributed by atoms with Gasteiger partial charge < -0.3 is 10.4 Å². The molecule has 0 spiro atoms. The highest BCUT2D eigenvalue weighted by atomic mass is 16.6. The molecule has 0 heterocycles. The zero-order valence-corrected chi connectivity index (χ0v) is 13.6. The molecule has 1 atom stereocenters. The van der Waals surface area contributed by atoms with Crippen LogP contribution in [0.1, 0.15) is 26.3 Å². The number of nitrogens with zero attached hydrogens (tertiary/aromatic N) is 2. The molecule has 1 unspecified atom stereocenters. The predicted molar refractivity (Wildman–Crippen MR) is 84.9 cm³/mol. The number of nitro benzene ring substituents is 1. The van der Waals surface area contributed by atoms with E-state index in [4.69, 9.17) is 0 Å². The fourth-order valence-electron chi connectivity index (χ4n) is 2.14. The van der Waals surface area contributed by atoms with Gasteiger partial charge >= 0.3 is 0 Å². The third-order valence-electron chi connectivity index (χ3n) is 3.44. The quantitative estimate of drug-likeness (QED) is 0.618. The molecular weight excluding hydrogens is 286 g/mol. The Balaban J connectivity index is 2.85. The maximum absolute atomic E-state index is 12.3. The standard InChI is InChI=1S/C15H23N3O4/c1-10-12(7-6-8-13(10)18(21)22)16-14(19)11(2)17(5)9-15(3,4)20/h6-8,11,20H,9H2,1-5H3,(H,16,19). The van der Waals surface area contributed by atoms with Gasteiger partial charge in [-0.25, -0.2) is 0 Å². The first-order valence-corrected chi connectivity index (χ1v) is 7.00. The molecule has 1 amide bonds. The Bertz CT molecular complexity index is 566. The molecule has 22 heavy (non-hydrogen) atoms. The molecule has 1 aromatic rings. The number of hydrogen-bond donors (Lipinski definition) is 2. The number of anilines is 1. The summed E-state index contributed by atoms with van der Waals surface area (Å²) in [5, 5.41) is 23.4. The fourth-order valence-corrected chi connectivity index (χ4v) is 2.14. The Morgan fingerprint density at radius 3 is 2.59 bits per heavy atom. The average Bonchev–Trinajstić information content (AvgIpc) is 2.37. The molecule has 122 valence electrons. The van der Waals surface area contributed by atoms with Gasteiger partial charge in [0.2, 0.25) is 5.91 Å². The molecular formula is C15H23N3O4. The van der Waals surface area contributed by atoms with E-state index < -0.39 is 16.6 Å². The van der Waals surface area contributed by atoms with Gasteiger partial charge in [0.25, 0.3) is 5.69 Å². The monoisotopic (exact) mass is 309 g/mol. The van der Waals surface area contributed by atoms with Gasteiger partial charge in [-0.2, -0.15) is 0 Å². The first-order chi connectivity index (χ1) is 10.0. The zero-order chi connectivity index (χ0) is 17.1. The van der Waals surface area contributed by atoms with Gasteiger partial charge in [0.1, 0.15) is 0 Å². The topological polar surface area (TPSA) is 95.7 Å². The molecule has 0 saturated carbocycles. The summed E-state index contributed by atoms with van der Waals surface area (Å²) in [4.78, 5) is 24.4. The van der Waals surface area contributed by atoms with Crippen molar-refractivity contribution in [2.24, 2.45) is 0 Å². The van der Waals surface area contributed by atoms with Crippen molar-refractivity contribution in [1.82, 2.24) is 4.90 Å². The molecule has 0 aliphatic rings. The van der Waals surface area contributed by atoms with Crippen molar-refractivity contribution in [1.29, 1.82) is 0 Å². The van der Waals surface area contributed by atoms with Gasteiger partial charge in [-0.3, -0.25) is 19.8 Å². The van der Waals surface area contributed by atoms with Crippen LogP contribution < -0.4 is 5.32 Å². The summed E-state index contributed by atoms with van der Waals surface area (Å²) >= 11 is 0. The van der Waals surface area contributed by atoms with Crippen molar-refractivity contribution in [3.8, 4) is 0 Å². The lowest BCUT2D eigenvalue weighted by Gasteiger charge is -2.29. The lowest BCUT2D eigenvalue weighted by atomic mass is 10.1. The van der Waals surface area contributed by atoms with E-state index >= 15 is 0 Å². The molecule has 0 radical (unpaired) electrons. The summed E-state index contributed by atoms with van der Waals surface area (Å²) in [5.41, 5.74) is -0.110. The molecule has 0 saturated heterocycles. The van der Waals surface area contributed by atoms with Crippen LogP contribution in [0.25, 0.3) is 0 Å². The predicted octanol–water partition coefficient (Wildman–Crippen LogP) is 1.93. The number of hydrogen-bond acceptors (Lipinski definition) is 5. The second kappa shape index (κ2) is 6.85. The fraction of sp³-hybridized carbons (Fsp3) is 0.533. The molecule has 0 aliphatic heterocycles. The van der Waals surface area contributed by atoms with Crippen LogP contribution in [0.15, 0.2) is 18.2 Å². The largest absolute Gasteiger partial charge is 0.389 e. The maximum Gasteiger partial charge on any atom is 0.274 e.